The lowest BCUT2D eigenvalue weighted by Crippen LogP contribution is -2.53. The Morgan fingerprint density at radius 1 is 1.22 bits per heavy atom. The molecule has 1 aliphatic heterocycles. The second-order valence-electron chi connectivity index (χ2n) is 7.09. The summed E-state index contributed by atoms with van der Waals surface area (Å²) in [6.45, 7) is 1.44. The lowest BCUT2D eigenvalue weighted by molar-refractivity contribution is -0.140. The Kier molecular flexibility index (Phi) is 8.20. The molecule has 0 bridgehead atoms. The fourth-order valence-corrected chi connectivity index (χ4v) is 4.77. The molecule has 12 heteroatoms. The number of amides is 2. The van der Waals surface area contributed by atoms with Crippen molar-refractivity contribution in [3.05, 3.63) is 43.0 Å². The number of carbonyl (C=O) groups is 2. The van der Waals surface area contributed by atoms with E-state index in [2.05, 4.69) is 15.6 Å². The van der Waals surface area contributed by atoms with Gasteiger partial charge in [0.05, 0.1) is 31.5 Å². The summed E-state index contributed by atoms with van der Waals surface area (Å²) < 4.78 is 39.8. The van der Waals surface area contributed by atoms with E-state index >= 15 is 0 Å². The van der Waals surface area contributed by atoms with Crippen molar-refractivity contribution in [2.24, 2.45) is 0 Å². The van der Waals surface area contributed by atoms with Crippen LogP contribution >= 0.6 is 0 Å². The van der Waals surface area contributed by atoms with Crippen molar-refractivity contribution in [3.8, 4) is 5.75 Å². The molecule has 174 valence electrons. The number of benzene rings is 1. The van der Waals surface area contributed by atoms with Crippen LogP contribution < -0.4 is 15.4 Å². The standard InChI is InChI=1S/C20H27N5O6S/c1-30-16-4-6-17(7-5-16)32(28,29)25-11-3-13-31-18(25)14-23-20(27)19(26)22-8-2-10-24-12-9-21-15-24/h4-7,9,12,15,18H,2-3,8,10-11,13-14H2,1H3,(H,22,26)(H,23,27)/t18-/m1/s1. The molecule has 0 aliphatic carbocycles. The number of nitrogens with zero attached hydrogens (tertiary/aromatic N) is 3. The van der Waals surface area contributed by atoms with Gasteiger partial charge in [-0.25, -0.2) is 13.4 Å². The second-order valence-corrected chi connectivity index (χ2v) is 8.98. The van der Waals surface area contributed by atoms with Crippen molar-refractivity contribution in [2.45, 2.75) is 30.5 Å². The Morgan fingerprint density at radius 3 is 2.66 bits per heavy atom. The summed E-state index contributed by atoms with van der Waals surface area (Å²) in [6, 6.07) is 6.03. The van der Waals surface area contributed by atoms with Gasteiger partial charge in [0.2, 0.25) is 10.0 Å². The summed E-state index contributed by atoms with van der Waals surface area (Å²) in [5.41, 5.74) is 0. The minimum atomic E-state index is -3.85. The summed E-state index contributed by atoms with van der Waals surface area (Å²) in [5, 5.41) is 5.00. The fourth-order valence-electron chi connectivity index (χ4n) is 3.21. The van der Waals surface area contributed by atoms with Gasteiger partial charge in [-0.3, -0.25) is 9.59 Å². The first-order chi connectivity index (χ1) is 15.4. The summed E-state index contributed by atoms with van der Waals surface area (Å²) in [6.07, 6.45) is 5.40. The highest BCUT2D eigenvalue weighted by atomic mass is 32.2. The van der Waals surface area contributed by atoms with Gasteiger partial charge in [-0.15, -0.1) is 0 Å². The van der Waals surface area contributed by atoms with Gasteiger partial charge in [-0.1, -0.05) is 0 Å². The number of carbonyl (C=O) groups excluding carboxylic acids is 2. The Morgan fingerprint density at radius 2 is 1.97 bits per heavy atom. The van der Waals surface area contributed by atoms with Gasteiger partial charge in [0.25, 0.3) is 0 Å². The van der Waals surface area contributed by atoms with E-state index in [-0.39, 0.29) is 18.0 Å². The highest BCUT2D eigenvalue weighted by Crippen LogP contribution is 2.23. The Bertz CT molecular complexity index is 994. The van der Waals surface area contributed by atoms with Crippen LogP contribution in [0.4, 0.5) is 0 Å². The van der Waals surface area contributed by atoms with Gasteiger partial charge < -0.3 is 24.7 Å². The largest absolute Gasteiger partial charge is 0.497 e. The van der Waals surface area contributed by atoms with E-state index in [1.807, 2.05) is 10.8 Å². The molecule has 2 heterocycles. The summed E-state index contributed by atoms with van der Waals surface area (Å²) >= 11 is 0. The molecule has 0 saturated carbocycles. The predicted octanol–water partition coefficient (Wildman–Crippen LogP) is -0.0485. The zero-order chi connectivity index (χ0) is 23.0. The quantitative estimate of drug-likeness (QED) is 0.392. The molecule has 1 aliphatic rings. The minimum Gasteiger partial charge on any atom is -0.497 e. The molecular weight excluding hydrogens is 438 g/mol. The van der Waals surface area contributed by atoms with Crippen LogP contribution in [-0.2, 0) is 30.9 Å². The first-order valence-electron chi connectivity index (χ1n) is 10.2. The Balaban J connectivity index is 1.51. The molecule has 11 nitrogen and oxygen atoms in total. The third kappa shape index (κ3) is 6.05. The molecule has 0 unspecified atom stereocenters. The summed E-state index contributed by atoms with van der Waals surface area (Å²) in [5.74, 6) is -1.08. The smallest absolute Gasteiger partial charge is 0.309 e. The van der Waals surface area contributed by atoms with E-state index in [0.717, 1.165) is 0 Å². The zero-order valence-electron chi connectivity index (χ0n) is 17.8. The van der Waals surface area contributed by atoms with Crippen molar-refractivity contribution in [1.82, 2.24) is 24.5 Å². The number of hydrogen-bond acceptors (Lipinski definition) is 7. The van der Waals surface area contributed by atoms with E-state index in [1.54, 1.807) is 24.7 Å². The van der Waals surface area contributed by atoms with Crippen molar-refractivity contribution in [3.63, 3.8) is 0 Å². The monoisotopic (exact) mass is 465 g/mol. The molecule has 1 aromatic heterocycles. The zero-order valence-corrected chi connectivity index (χ0v) is 18.6. The fraction of sp³-hybridized carbons (Fsp3) is 0.450. The van der Waals surface area contributed by atoms with Crippen LogP contribution in [0.5, 0.6) is 5.75 Å². The number of ether oxygens (including phenoxy) is 2. The van der Waals surface area contributed by atoms with Crippen molar-refractivity contribution in [2.75, 3.05) is 33.4 Å². The number of nitrogens with one attached hydrogen (secondary N) is 2. The van der Waals surface area contributed by atoms with Crippen LogP contribution in [0.2, 0.25) is 0 Å². The molecule has 2 amide bonds. The van der Waals surface area contributed by atoms with Crippen LogP contribution in [0, 0.1) is 0 Å². The Hall–Kier alpha value is -2.96. The highest BCUT2D eigenvalue weighted by molar-refractivity contribution is 7.89. The molecule has 1 atom stereocenters. The van der Waals surface area contributed by atoms with Gasteiger partial charge in [-0.2, -0.15) is 4.31 Å². The predicted molar refractivity (Wildman–Crippen MR) is 114 cm³/mol. The molecule has 2 aromatic rings. The third-order valence-corrected chi connectivity index (χ3v) is 6.80. The maximum atomic E-state index is 13.1. The molecule has 1 aromatic carbocycles. The van der Waals surface area contributed by atoms with Gasteiger partial charge in [0.15, 0.2) is 0 Å². The van der Waals surface area contributed by atoms with Crippen LogP contribution in [0.1, 0.15) is 12.8 Å². The van der Waals surface area contributed by atoms with Crippen LogP contribution in [0.3, 0.4) is 0 Å². The van der Waals surface area contributed by atoms with Crippen LogP contribution in [-0.4, -0.2) is 73.7 Å². The number of aryl methyl sites for hydroxylation is 1. The topological polar surface area (TPSA) is 132 Å². The first kappa shape index (κ1) is 23.7. The highest BCUT2D eigenvalue weighted by Gasteiger charge is 2.35. The van der Waals surface area contributed by atoms with E-state index in [0.29, 0.717) is 38.3 Å². The minimum absolute atomic E-state index is 0.0933. The van der Waals surface area contributed by atoms with Gasteiger partial charge in [0.1, 0.15) is 12.0 Å². The van der Waals surface area contributed by atoms with E-state index in [9.17, 15) is 18.0 Å². The maximum Gasteiger partial charge on any atom is 0.309 e. The number of hydrogen-bond donors (Lipinski definition) is 2. The molecule has 2 N–H and O–H groups in total. The van der Waals surface area contributed by atoms with Crippen molar-refractivity contribution in [1.29, 1.82) is 0 Å². The van der Waals surface area contributed by atoms with Crippen LogP contribution in [0.15, 0.2) is 47.9 Å². The molecule has 0 spiro atoms. The first-order valence-corrected chi connectivity index (χ1v) is 11.6. The summed E-state index contributed by atoms with van der Waals surface area (Å²) in [4.78, 5) is 28.2. The average molecular weight is 466 g/mol. The summed E-state index contributed by atoms with van der Waals surface area (Å²) in [7, 11) is -2.35. The molecule has 32 heavy (non-hydrogen) atoms. The van der Waals surface area contributed by atoms with E-state index in [1.165, 1.54) is 23.5 Å². The molecular formula is C20H27N5O6S. The number of aromatic nitrogens is 2. The molecule has 0 radical (unpaired) electrons. The van der Waals surface area contributed by atoms with Crippen molar-refractivity contribution < 1.29 is 27.5 Å². The third-order valence-electron chi connectivity index (χ3n) is 4.90. The van der Waals surface area contributed by atoms with E-state index in [4.69, 9.17) is 9.47 Å². The van der Waals surface area contributed by atoms with Gasteiger partial charge >= 0.3 is 11.8 Å². The van der Waals surface area contributed by atoms with Gasteiger partial charge in [0, 0.05) is 32.0 Å². The number of methoxy groups -OCH3 is 1. The van der Waals surface area contributed by atoms with E-state index < -0.39 is 28.1 Å². The number of rotatable bonds is 9. The normalized spacial score (nSPS) is 17.0. The maximum absolute atomic E-state index is 13.1. The number of sulfonamides is 1. The average Bonchev–Trinajstić information content (AvgIpc) is 3.34. The second kappa shape index (κ2) is 11.1. The molecule has 3 rings (SSSR count). The SMILES string of the molecule is COc1ccc(S(=O)(=O)N2CCCO[C@@H]2CNC(=O)C(=O)NCCCn2ccnc2)cc1. The number of imidazole rings is 1. The lowest BCUT2D eigenvalue weighted by Gasteiger charge is -2.34. The van der Waals surface area contributed by atoms with Crippen molar-refractivity contribution >= 4 is 21.8 Å². The lowest BCUT2D eigenvalue weighted by atomic mass is 10.3. The van der Waals surface area contributed by atoms with Gasteiger partial charge in [-0.05, 0) is 37.1 Å². The molecule has 1 fully saturated rings. The molecule has 1 saturated heterocycles. The Labute approximate surface area is 186 Å². The van der Waals surface area contributed by atoms with Crippen LogP contribution in [0.25, 0.3) is 0 Å².